The van der Waals surface area contributed by atoms with E-state index in [1.807, 2.05) is 0 Å². The number of benzene rings is 1. The molecule has 1 rings (SSSR count). The van der Waals surface area contributed by atoms with Gasteiger partial charge in [-0.25, -0.2) is 4.39 Å². The largest absolute Gasteiger partial charge is 0.303 e. The zero-order chi connectivity index (χ0) is 11.3. The van der Waals surface area contributed by atoms with Gasteiger partial charge in [0.15, 0.2) is 0 Å². The molecule has 0 aliphatic rings. The van der Waals surface area contributed by atoms with Crippen LogP contribution in [-0.4, -0.2) is 17.8 Å². The average Bonchev–Trinajstić information content (AvgIpc) is 2.17. The molecule has 0 heterocycles. The van der Waals surface area contributed by atoms with Crippen molar-refractivity contribution in [3.8, 4) is 0 Å². The quantitative estimate of drug-likeness (QED) is 0.423. The van der Waals surface area contributed by atoms with Crippen LogP contribution in [0.4, 0.5) is 4.39 Å². The van der Waals surface area contributed by atoms with Crippen molar-refractivity contribution in [1.82, 2.24) is 0 Å². The third-order valence-corrected chi connectivity index (χ3v) is 2.09. The number of carbonyl (C=O) groups excluding carboxylic acids is 1. The van der Waals surface area contributed by atoms with E-state index in [2.05, 4.69) is 0 Å². The molecule has 0 saturated carbocycles. The number of aldehydes is 1. The van der Waals surface area contributed by atoms with Gasteiger partial charge in [0.1, 0.15) is 12.1 Å². The van der Waals surface area contributed by atoms with Gasteiger partial charge < -0.3 is 4.79 Å². The second kappa shape index (κ2) is 5.19. The standard InChI is InChI=1S/C10H10FNO3/c11-10-3-1-8(2-4-10)9(5-6-13)7-12(14)15/h1-4,6,9H,5,7H2/t9-/m1/s1. The summed E-state index contributed by atoms with van der Waals surface area (Å²) in [5.74, 6) is -0.872. The first-order valence-electron chi connectivity index (χ1n) is 4.44. The maximum absolute atomic E-state index is 12.6. The monoisotopic (exact) mass is 211 g/mol. The first-order valence-corrected chi connectivity index (χ1v) is 4.44. The molecule has 4 nitrogen and oxygen atoms in total. The molecule has 0 fully saturated rings. The summed E-state index contributed by atoms with van der Waals surface area (Å²) in [6, 6.07) is 5.39. The van der Waals surface area contributed by atoms with Crippen LogP contribution in [0, 0.1) is 15.9 Å². The lowest BCUT2D eigenvalue weighted by atomic mass is 9.96. The summed E-state index contributed by atoms with van der Waals surface area (Å²) in [4.78, 5) is 20.2. The third kappa shape index (κ3) is 3.46. The molecular formula is C10H10FNO3. The molecule has 0 amide bonds. The Morgan fingerprint density at radius 1 is 1.40 bits per heavy atom. The van der Waals surface area contributed by atoms with Crippen LogP contribution in [0.15, 0.2) is 24.3 Å². The van der Waals surface area contributed by atoms with E-state index in [9.17, 15) is 19.3 Å². The minimum atomic E-state index is -0.475. The predicted molar refractivity (Wildman–Crippen MR) is 51.7 cm³/mol. The average molecular weight is 211 g/mol. The van der Waals surface area contributed by atoms with E-state index in [1.54, 1.807) is 0 Å². The molecule has 15 heavy (non-hydrogen) atoms. The molecule has 80 valence electrons. The van der Waals surface area contributed by atoms with Gasteiger partial charge in [0.2, 0.25) is 6.54 Å². The van der Waals surface area contributed by atoms with Crippen molar-refractivity contribution in [2.75, 3.05) is 6.54 Å². The van der Waals surface area contributed by atoms with Crippen LogP contribution in [-0.2, 0) is 4.79 Å². The van der Waals surface area contributed by atoms with Gasteiger partial charge in [0.25, 0.3) is 0 Å². The van der Waals surface area contributed by atoms with Gasteiger partial charge in [0, 0.05) is 11.3 Å². The number of carbonyl (C=O) groups is 1. The van der Waals surface area contributed by atoms with Crippen LogP contribution in [0.1, 0.15) is 17.9 Å². The number of halogens is 1. The van der Waals surface area contributed by atoms with Crippen LogP contribution in [0.3, 0.4) is 0 Å². The Bertz CT molecular complexity index is 350. The molecule has 0 bridgehead atoms. The first-order chi connectivity index (χ1) is 7.13. The molecule has 0 aliphatic heterocycles. The van der Waals surface area contributed by atoms with Crippen molar-refractivity contribution in [2.24, 2.45) is 0 Å². The van der Waals surface area contributed by atoms with E-state index in [0.29, 0.717) is 11.8 Å². The molecule has 1 aromatic carbocycles. The Balaban J connectivity index is 2.83. The lowest BCUT2D eigenvalue weighted by Gasteiger charge is -2.09. The second-order valence-corrected chi connectivity index (χ2v) is 3.17. The van der Waals surface area contributed by atoms with E-state index >= 15 is 0 Å². The van der Waals surface area contributed by atoms with E-state index in [1.165, 1.54) is 24.3 Å². The van der Waals surface area contributed by atoms with Crippen LogP contribution < -0.4 is 0 Å². The van der Waals surface area contributed by atoms with Gasteiger partial charge in [-0.05, 0) is 17.7 Å². The maximum Gasteiger partial charge on any atom is 0.211 e. The van der Waals surface area contributed by atoms with Crippen molar-refractivity contribution >= 4 is 6.29 Å². The Hall–Kier alpha value is -1.78. The van der Waals surface area contributed by atoms with Gasteiger partial charge in [-0.1, -0.05) is 12.1 Å². The number of hydrogen-bond donors (Lipinski definition) is 0. The van der Waals surface area contributed by atoms with E-state index < -0.39 is 16.7 Å². The Morgan fingerprint density at radius 3 is 2.47 bits per heavy atom. The number of rotatable bonds is 5. The topological polar surface area (TPSA) is 60.2 Å². The van der Waals surface area contributed by atoms with Crippen molar-refractivity contribution in [2.45, 2.75) is 12.3 Å². The smallest absolute Gasteiger partial charge is 0.211 e. The fourth-order valence-corrected chi connectivity index (χ4v) is 1.35. The van der Waals surface area contributed by atoms with Crippen LogP contribution in [0.5, 0.6) is 0 Å². The van der Waals surface area contributed by atoms with Gasteiger partial charge in [-0.15, -0.1) is 0 Å². The highest BCUT2D eigenvalue weighted by molar-refractivity contribution is 5.51. The molecule has 0 aliphatic carbocycles. The zero-order valence-corrected chi connectivity index (χ0v) is 7.93. The summed E-state index contributed by atoms with van der Waals surface area (Å²) in [5.41, 5.74) is 0.611. The van der Waals surface area contributed by atoms with Gasteiger partial charge in [0.05, 0.1) is 5.92 Å². The predicted octanol–water partition coefficient (Wildman–Crippen LogP) is 1.77. The van der Waals surface area contributed by atoms with Gasteiger partial charge in [-0.2, -0.15) is 0 Å². The number of nitro groups is 1. The van der Waals surface area contributed by atoms with E-state index in [4.69, 9.17) is 0 Å². The summed E-state index contributed by atoms with van der Waals surface area (Å²) in [5, 5.41) is 10.3. The molecule has 0 unspecified atom stereocenters. The van der Waals surface area contributed by atoms with Gasteiger partial charge >= 0.3 is 0 Å². The molecule has 1 aromatic rings. The summed E-state index contributed by atoms with van der Waals surface area (Å²) >= 11 is 0. The summed E-state index contributed by atoms with van der Waals surface area (Å²) < 4.78 is 12.6. The number of nitrogens with zero attached hydrogens (tertiary/aromatic N) is 1. The normalized spacial score (nSPS) is 12.1. The van der Waals surface area contributed by atoms with Crippen molar-refractivity contribution in [1.29, 1.82) is 0 Å². The van der Waals surface area contributed by atoms with E-state index in [0.717, 1.165) is 0 Å². The van der Waals surface area contributed by atoms with E-state index in [-0.39, 0.29) is 13.0 Å². The highest BCUT2D eigenvalue weighted by Crippen LogP contribution is 2.19. The molecule has 0 aromatic heterocycles. The Morgan fingerprint density at radius 2 is 2.00 bits per heavy atom. The second-order valence-electron chi connectivity index (χ2n) is 3.17. The summed E-state index contributed by atoms with van der Waals surface area (Å²) in [7, 11) is 0. The Kier molecular flexibility index (Phi) is 3.91. The van der Waals surface area contributed by atoms with Crippen molar-refractivity contribution < 1.29 is 14.1 Å². The van der Waals surface area contributed by atoms with Crippen LogP contribution in [0.25, 0.3) is 0 Å². The first kappa shape index (κ1) is 11.3. The van der Waals surface area contributed by atoms with Gasteiger partial charge in [-0.3, -0.25) is 10.1 Å². The fraction of sp³-hybridized carbons (Fsp3) is 0.300. The minimum absolute atomic E-state index is 0.0760. The molecule has 0 saturated heterocycles. The molecular weight excluding hydrogens is 201 g/mol. The molecule has 0 N–H and O–H groups in total. The highest BCUT2D eigenvalue weighted by Gasteiger charge is 2.17. The summed E-state index contributed by atoms with van der Waals surface area (Å²) in [6.07, 6.45) is 0.712. The van der Waals surface area contributed by atoms with Crippen molar-refractivity contribution in [3.63, 3.8) is 0 Å². The SMILES string of the molecule is O=CC[C@H](C[N+](=O)[O-])c1ccc(F)cc1. The van der Waals surface area contributed by atoms with Crippen LogP contribution >= 0.6 is 0 Å². The van der Waals surface area contributed by atoms with Crippen LogP contribution in [0.2, 0.25) is 0 Å². The fourth-order valence-electron chi connectivity index (χ4n) is 1.35. The molecule has 1 atom stereocenters. The maximum atomic E-state index is 12.6. The molecule has 0 spiro atoms. The lowest BCUT2D eigenvalue weighted by Crippen LogP contribution is -2.13. The molecule has 5 heteroatoms. The zero-order valence-electron chi connectivity index (χ0n) is 7.93. The Labute approximate surface area is 85.9 Å². The third-order valence-electron chi connectivity index (χ3n) is 2.09. The minimum Gasteiger partial charge on any atom is -0.303 e. The lowest BCUT2D eigenvalue weighted by molar-refractivity contribution is -0.483. The summed E-state index contributed by atoms with van der Waals surface area (Å²) in [6.45, 7) is -0.315. The van der Waals surface area contributed by atoms with Crippen molar-refractivity contribution in [3.05, 3.63) is 45.8 Å². The number of hydrogen-bond acceptors (Lipinski definition) is 3. The molecule has 0 radical (unpaired) electrons. The highest BCUT2D eigenvalue weighted by atomic mass is 19.1.